The number of methoxy groups -OCH3 is 2. The average molecular weight is 274 g/mol. The van der Waals surface area contributed by atoms with Gasteiger partial charge in [0, 0.05) is 35.2 Å². The van der Waals surface area contributed by atoms with Crippen molar-refractivity contribution in [1.82, 2.24) is 10.3 Å². The minimum absolute atomic E-state index is 0.185. The predicted molar refractivity (Wildman–Crippen MR) is 76.0 cm³/mol. The molecule has 0 spiro atoms. The molecule has 5 nitrogen and oxygen atoms in total. The van der Waals surface area contributed by atoms with Crippen LogP contribution in [-0.4, -0.2) is 31.7 Å². The van der Waals surface area contributed by atoms with Crippen LogP contribution < -0.4 is 10.1 Å². The van der Waals surface area contributed by atoms with Crippen LogP contribution in [0.2, 0.25) is 0 Å². The van der Waals surface area contributed by atoms with Gasteiger partial charge in [-0.15, -0.1) is 0 Å². The third-order valence-electron chi connectivity index (χ3n) is 3.97. The number of carbonyl (C=O) groups is 1. The first-order valence-corrected chi connectivity index (χ1v) is 6.66. The van der Waals surface area contributed by atoms with Crippen LogP contribution in [0.5, 0.6) is 5.75 Å². The Kier molecular flexibility index (Phi) is 3.14. The van der Waals surface area contributed by atoms with E-state index in [9.17, 15) is 4.79 Å². The topological polar surface area (TPSA) is 63.3 Å². The summed E-state index contributed by atoms with van der Waals surface area (Å²) in [5, 5.41) is 4.39. The standard InChI is InChI=1S/C15H18N2O3/c1-8-14-13(11(7-16-8)15(18)20-3)10-5-4-9(19-2)6-12(10)17-14/h4-6,8,11,16-17H,7H2,1-3H3. The van der Waals surface area contributed by atoms with Crippen molar-refractivity contribution in [1.29, 1.82) is 0 Å². The van der Waals surface area contributed by atoms with Crippen LogP contribution in [0.1, 0.15) is 30.1 Å². The van der Waals surface area contributed by atoms with Crippen molar-refractivity contribution in [2.24, 2.45) is 0 Å². The minimum Gasteiger partial charge on any atom is -0.497 e. The summed E-state index contributed by atoms with van der Waals surface area (Å²) in [5.41, 5.74) is 3.08. The fraction of sp³-hybridized carbons (Fsp3) is 0.400. The Hall–Kier alpha value is -2.01. The highest BCUT2D eigenvalue weighted by Gasteiger charge is 2.33. The van der Waals surface area contributed by atoms with E-state index in [1.54, 1.807) is 7.11 Å². The van der Waals surface area contributed by atoms with Crippen LogP contribution in [-0.2, 0) is 9.53 Å². The Morgan fingerprint density at radius 1 is 1.35 bits per heavy atom. The maximum absolute atomic E-state index is 12.0. The van der Waals surface area contributed by atoms with E-state index in [2.05, 4.69) is 17.2 Å². The van der Waals surface area contributed by atoms with Gasteiger partial charge in [-0.2, -0.15) is 0 Å². The number of aromatic amines is 1. The van der Waals surface area contributed by atoms with Gasteiger partial charge in [-0.25, -0.2) is 0 Å². The Bertz CT molecular complexity index is 662. The molecule has 1 aromatic heterocycles. The van der Waals surface area contributed by atoms with Crippen molar-refractivity contribution in [3.63, 3.8) is 0 Å². The number of hydrogen-bond acceptors (Lipinski definition) is 4. The average Bonchev–Trinajstić information content (AvgIpc) is 2.86. The summed E-state index contributed by atoms with van der Waals surface area (Å²) in [4.78, 5) is 15.4. The Labute approximate surface area is 117 Å². The van der Waals surface area contributed by atoms with Gasteiger partial charge in [-0.3, -0.25) is 4.79 Å². The molecule has 106 valence electrons. The molecule has 0 amide bonds. The normalized spacial score (nSPS) is 21.6. The first kappa shape index (κ1) is 13.0. The number of esters is 1. The summed E-state index contributed by atoms with van der Waals surface area (Å²) < 4.78 is 10.2. The smallest absolute Gasteiger partial charge is 0.314 e. The van der Waals surface area contributed by atoms with Gasteiger partial charge in [0.25, 0.3) is 0 Å². The highest BCUT2D eigenvalue weighted by molar-refractivity contribution is 5.92. The molecule has 2 unspecified atom stereocenters. The molecule has 1 aliphatic heterocycles. The van der Waals surface area contributed by atoms with Gasteiger partial charge in [0.1, 0.15) is 5.75 Å². The molecule has 2 atom stereocenters. The van der Waals surface area contributed by atoms with Crippen LogP contribution in [0.4, 0.5) is 0 Å². The van der Waals surface area contributed by atoms with Crippen molar-refractivity contribution in [3.8, 4) is 5.75 Å². The number of ether oxygens (including phenoxy) is 2. The Morgan fingerprint density at radius 2 is 2.15 bits per heavy atom. The molecule has 0 aliphatic carbocycles. The number of fused-ring (bicyclic) bond motifs is 3. The number of rotatable bonds is 2. The van der Waals surface area contributed by atoms with Gasteiger partial charge in [0.15, 0.2) is 0 Å². The molecular weight excluding hydrogens is 256 g/mol. The van der Waals surface area contributed by atoms with Crippen molar-refractivity contribution >= 4 is 16.9 Å². The summed E-state index contributed by atoms with van der Waals surface area (Å²) in [6.07, 6.45) is 0. The zero-order chi connectivity index (χ0) is 14.3. The number of hydrogen-bond donors (Lipinski definition) is 2. The summed E-state index contributed by atoms with van der Waals surface area (Å²) >= 11 is 0. The molecule has 3 rings (SSSR count). The van der Waals surface area contributed by atoms with E-state index >= 15 is 0 Å². The van der Waals surface area contributed by atoms with E-state index in [-0.39, 0.29) is 17.9 Å². The second-order valence-corrected chi connectivity index (χ2v) is 5.07. The van der Waals surface area contributed by atoms with Gasteiger partial charge in [-0.05, 0) is 24.6 Å². The fourth-order valence-electron chi connectivity index (χ4n) is 2.91. The maximum Gasteiger partial charge on any atom is 0.314 e. The van der Waals surface area contributed by atoms with Crippen molar-refractivity contribution in [3.05, 3.63) is 29.5 Å². The summed E-state index contributed by atoms with van der Waals surface area (Å²) in [5.74, 6) is 0.321. The predicted octanol–water partition coefficient (Wildman–Crippen LogP) is 2.10. The SMILES string of the molecule is COC(=O)C1CNC(C)c2[nH]c3cc(OC)ccc3c21. The molecule has 1 aromatic carbocycles. The number of carbonyl (C=O) groups excluding carboxylic acids is 1. The van der Waals surface area contributed by atoms with Crippen LogP contribution in [0.3, 0.4) is 0 Å². The molecule has 2 heterocycles. The molecule has 0 bridgehead atoms. The van der Waals surface area contributed by atoms with Crippen LogP contribution in [0, 0.1) is 0 Å². The maximum atomic E-state index is 12.0. The van der Waals surface area contributed by atoms with Crippen molar-refractivity contribution in [2.75, 3.05) is 20.8 Å². The van der Waals surface area contributed by atoms with Crippen molar-refractivity contribution in [2.45, 2.75) is 18.9 Å². The fourth-order valence-corrected chi connectivity index (χ4v) is 2.91. The lowest BCUT2D eigenvalue weighted by molar-refractivity contribution is -0.142. The Balaban J connectivity index is 2.20. The summed E-state index contributed by atoms with van der Waals surface area (Å²) in [7, 11) is 3.07. The van der Waals surface area contributed by atoms with E-state index in [0.717, 1.165) is 27.9 Å². The van der Waals surface area contributed by atoms with Gasteiger partial charge in [0.05, 0.1) is 20.1 Å². The molecule has 2 aromatic rings. The number of benzene rings is 1. The molecule has 0 fully saturated rings. The largest absolute Gasteiger partial charge is 0.497 e. The zero-order valence-electron chi connectivity index (χ0n) is 11.8. The third-order valence-corrected chi connectivity index (χ3v) is 3.97. The van der Waals surface area contributed by atoms with E-state index in [1.807, 2.05) is 18.2 Å². The first-order valence-electron chi connectivity index (χ1n) is 6.66. The van der Waals surface area contributed by atoms with Gasteiger partial charge < -0.3 is 19.8 Å². The van der Waals surface area contributed by atoms with Crippen molar-refractivity contribution < 1.29 is 14.3 Å². The zero-order valence-corrected chi connectivity index (χ0v) is 11.8. The van der Waals surface area contributed by atoms with E-state index < -0.39 is 0 Å². The lowest BCUT2D eigenvalue weighted by Gasteiger charge is -2.26. The molecule has 1 aliphatic rings. The second-order valence-electron chi connectivity index (χ2n) is 5.07. The van der Waals surface area contributed by atoms with Crippen LogP contribution in [0.15, 0.2) is 18.2 Å². The van der Waals surface area contributed by atoms with Gasteiger partial charge in [-0.1, -0.05) is 0 Å². The highest BCUT2D eigenvalue weighted by Crippen LogP contribution is 2.37. The number of H-pyrrole nitrogens is 1. The van der Waals surface area contributed by atoms with E-state index in [0.29, 0.717) is 6.54 Å². The van der Waals surface area contributed by atoms with Gasteiger partial charge in [0.2, 0.25) is 0 Å². The van der Waals surface area contributed by atoms with Crippen LogP contribution in [0.25, 0.3) is 10.9 Å². The van der Waals surface area contributed by atoms with Crippen LogP contribution >= 0.6 is 0 Å². The minimum atomic E-state index is -0.270. The number of nitrogens with one attached hydrogen (secondary N) is 2. The molecule has 5 heteroatoms. The van der Waals surface area contributed by atoms with Gasteiger partial charge >= 0.3 is 5.97 Å². The van der Waals surface area contributed by atoms with E-state index in [1.165, 1.54) is 7.11 Å². The lowest BCUT2D eigenvalue weighted by Crippen LogP contribution is -2.35. The summed E-state index contributed by atoms with van der Waals surface area (Å²) in [6.45, 7) is 2.68. The molecular formula is C15H18N2O3. The molecule has 2 N–H and O–H groups in total. The van der Waals surface area contributed by atoms with E-state index in [4.69, 9.17) is 9.47 Å². The molecule has 0 saturated carbocycles. The monoisotopic (exact) mass is 274 g/mol. The molecule has 0 radical (unpaired) electrons. The second kappa shape index (κ2) is 4.83. The number of aromatic nitrogens is 1. The summed E-state index contributed by atoms with van der Waals surface area (Å²) in [6, 6.07) is 6.05. The lowest BCUT2D eigenvalue weighted by atomic mass is 9.90. The molecule has 0 saturated heterocycles. The Morgan fingerprint density at radius 3 is 2.85 bits per heavy atom. The third kappa shape index (κ3) is 1.86. The molecule has 20 heavy (non-hydrogen) atoms. The quantitative estimate of drug-likeness (QED) is 0.823. The highest BCUT2D eigenvalue weighted by atomic mass is 16.5. The first-order chi connectivity index (χ1) is 9.65.